The molecule has 0 amide bonds. The van der Waals surface area contributed by atoms with Gasteiger partial charge >= 0.3 is 0 Å². The van der Waals surface area contributed by atoms with E-state index in [1.54, 1.807) is 14.2 Å². The van der Waals surface area contributed by atoms with Gasteiger partial charge in [-0.05, 0) is 41.7 Å². The van der Waals surface area contributed by atoms with Crippen LogP contribution in [0, 0.1) is 6.92 Å². The van der Waals surface area contributed by atoms with Gasteiger partial charge in [0, 0.05) is 13.7 Å². The maximum atomic E-state index is 5.72. The Bertz CT molecular complexity index is 371. The van der Waals surface area contributed by atoms with Gasteiger partial charge in [0.05, 0.1) is 13.2 Å². The van der Waals surface area contributed by atoms with Crippen molar-refractivity contribution in [1.29, 1.82) is 0 Å². The Morgan fingerprint density at radius 2 is 1.82 bits per heavy atom. The average Bonchev–Trinajstić information content (AvgIpc) is 2.31. The van der Waals surface area contributed by atoms with Gasteiger partial charge in [0.15, 0.2) is 0 Å². The summed E-state index contributed by atoms with van der Waals surface area (Å²) in [6.45, 7) is 6.85. The van der Waals surface area contributed by atoms with E-state index in [0.29, 0.717) is 12.5 Å². The SMILES string of the molecule is COc1cc(C)c(C(CN)OC)cc1C(C)C. The molecule has 3 nitrogen and oxygen atoms in total. The maximum Gasteiger partial charge on any atom is 0.122 e. The van der Waals surface area contributed by atoms with E-state index in [0.717, 1.165) is 16.9 Å². The molecule has 0 bridgehead atoms. The lowest BCUT2D eigenvalue weighted by atomic mass is 9.94. The van der Waals surface area contributed by atoms with Crippen LogP contribution in [0.4, 0.5) is 0 Å². The van der Waals surface area contributed by atoms with Crippen LogP contribution in [0.3, 0.4) is 0 Å². The molecule has 0 aromatic heterocycles. The van der Waals surface area contributed by atoms with E-state index >= 15 is 0 Å². The molecule has 2 N–H and O–H groups in total. The Hall–Kier alpha value is -1.06. The first-order chi connectivity index (χ1) is 8.04. The molecule has 1 aromatic carbocycles. The minimum absolute atomic E-state index is 0.0431. The van der Waals surface area contributed by atoms with Gasteiger partial charge in [-0.1, -0.05) is 13.8 Å². The molecule has 3 heteroatoms. The van der Waals surface area contributed by atoms with Gasteiger partial charge in [0.2, 0.25) is 0 Å². The number of benzene rings is 1. The highest BCUT2D eigenvalue weighted by molar-refractivity contribution is 5.44. The highest BCUT2D eigenvalue weighted by Crippen LogP contribution is 2.32. The van der Waals surface area contributed by atoms with Gasteiger partial charge in [-0.2, -0.15) is 0 Å². The van der Waals surface area contributed by atoms with Gasteiger partial charge in [0.1, 0.15) is 5.75 Å². The number of hydrogen-bond acceptors (Lipinski definition) is 3. The molecule has 1 rings (SSSR count). The van der Waals surface area contributed by atoms with Crippen LogP contribution < -0.4 is 10.5 Å². The fourth-order valence-corrected chi connectivity index (χ4v) is 2.04. The Kier molecular flexibility index (Phi) is 4.97. The summed E-state index contributed by atoms with van der Waals surface area (Å²) in [5.41, 5.74) is 9.23. The molecule has 17 heavy (non-hydrogen) atoms. The summed E-state index contributed by atoms with van der Waals surface area (Å²) in [5, 5.41) is 0. The molecule has 0 saturated carbocycles. The molecule has 0 heterocycles. The lowest BCUT2D eigenvalue weighted by molar-refractivity contribution is 0.110. The number of methoxy groups -OCH3 is 2. The van der Waals surface area contributed by atoms with E-state index in [1.807, 2.05) is 0 Å². The first kappa shape index (κ1) is 14.0. The molecule has 0 spiro atoms. The standard InChI is InChI=1S/C14H23NO2/c1-9(2)11-7-12(14(8-15)17-5)10(3)6-13(11)16-4/h6-7,9,14H,8,15H2,1-5H3. The van der Waals surface area contributed by atoms with E-state index in [9.17, 15) is 0 Å². The van der Waals surface area contributed by atoms with E-state index in [-0.39, 0.29) is 6.10 Å². The number of ether oxygens (including phenoxy) is 2. The van der Waals surface area contributed by atoms with Crippen LogP contribution in [0.5, 0.6) is 5.75 Å². The Morgan fingerprint density at radius 1 is 1.18 bits per heavy atom. The van der Waals surface area contributed by atoms with Crippen molar-refractivity contribution >= 4 is 0 Å². The molecule has 0 aliphatic carbocycles. The Balaban J connectivity index is 3.28. The second-order valence-corrected chi connectivity index (χ2v) is 4.57. The van der Waals surface area contributed by atoms with Crippen LogP contribution in [0.25, 0.3) is 0 Å². The van der Waals surface area contributed by atoms with Crippen LogP contribution in [-0.4, -0.2) is 20.8 Å². The summed E-state index contributed by atoms with van der Waals surface area (Å²) in [6.07, 6.45) is -0.0431. The van der Waals surface area contributed by atoms with Crippen LogP contribution in [0.15, 0.2) is 12.1 Å². The fraction of sp³-hybridized carbons (Fsp3) is 0.571. The second-order valence-electron chi connectivity index (χ2n) is 4.57. The molecule has 1 unspecified atom stereocenters. The number of nitrogens with two attached hydrogens (primary N) is 1. The molecule has 0 radical (unpaired) electrons. The summed E-state index contributed by atoms with van der Waals surface area (Å²) in [6, 6.07) is 4.21. The highest BCUT2D eigenvalue weighted by atomic mass is 16.5. The van der Waals surface area contributed by atoms with Crippen molar-refractivity contribution in [2.24, 2.45) is 5.73 Å². The smallest absolute Gasteiger partial charge is 0.122 e. The quantitative estimate of drug-likeness (QED) is 0.856. The van der Waals surface area contributed by atoms with Crippen LogP contribution in [0.1, 0.15) is 42.6 Å². The summed E-state index contributed by atoms with van der Waals surface area (Å²) in [7, 11) is 3.40. The molecule has 0 aliphatic heterocycles. The van der Waals surface area contributed by atoms with E-state index in [2.05, 4.69) is 32.9 Å². The molecule has 0 saturated heterocycles. The average molecular weight is 237 g/mol. The van der Waals surface area contributed by atoms with Gasteiger partial charge in [-0.3, -0.25) is 0 Å². The first-order valence-electron chi connectivity index (χ1n) is 5.96. The van der Waals surface area contributed by atoms with Crippen molar-refractivity contribution in [1.82, 2.24) is 0 Å². The largest absolute Gasteiger partial charge is 0.496 e. The Morgan fingerprint density at radius 3 is 2.24 bits per heavy atom. The topological polar surface area (TPSA) is 44.5 Å². The van der Waals surface area contributed by atoms with Crippen molar-refractivity contribution in [3.63, 3.8) is 0 Å². The Labute approximate surface area is 104 Å². The monoisotopic (exact) mass is 237 g/mol. The van der Waals surface area contributed by atoms with Crippen molar-refractivity contribution in [3.05, 3.63) is 28.8 Å². The molecular weight excluding hydrogens is 214 g/mol. The normalized spacial score (nSPS) is 12.9. The van der Waals surface area contributed by atoms with Crippen LogP contribution in [-0.2, 0) is 4.74 Å². The lowest BCUT2D eigenvalue weighted by Gasteiger charge is -2.20. The molecule has 1 aromatic rings. The second kappa shape index (κ2) is 6.03. The van der Waals surface area contributed by atoms with Gasteiger partial charge in [0.25, 0.3) is 0 Å². The van der Waals surface area contributed by atoms with Crippen molar-refractivity contribution < 1.29 is 9.47 Å². The lowest BCUT2D eigenvalue weighted by Crippen LogP contribution is -2.16. The third-order valence-electron chi connectivity index (χ3n) is 3.09. The van der Waals surface area contributed by atoms with Crippen molar-refractivity contribution in [3.8, 4) is 5.75 Å². The van der Waals surface area contributed by atoms with Crippen molar-refractivity contribution in [2.45, 2.75) is 32.8 Å². The third-order valence-corrected chi connectivity index (χ3v) is 3.09. The molecule has 96 valence electrons. The number of aryl methyl sites for hydroxylation is 1. The van der Waals surface area contributed by atoms with Gasteiger partial charge < -0.3 is 15.2 Å². The minimum Gasteiger partial charge on any atom is -0.496 e. The zero-order valence-electron chi connectivity index (χ0n) is 11.4. The number of rotatable bonds is 5. The minimum atomic E-state index is -0.0431. The van der Waals surface area contributed by atoms with Crippen LogP contribution >= 0.6 is 0 Å². The molecular formula is C14H23NO2. The van der Waals surface area contributed by atoms with Crippen LogP contribution in [0.2, 0.25) is 0 Å². The highest BCUT2D eigenvalue weighted by Gasteiger charge is 2.16. The number of hydrogen-bond donors (Lipinski definition) is 1. The fourth-order valence-electron chi connectivity index (χ4n) is 2.04. The van der Waals surface area contributed by atoms with Gasteiger partial charge in [-0.15, -0.1) is 0 Å². The predicted molar refractivity (Wildman–Crippen MR) is 70.6 cm³/mol. The maximum absolute atomic E-state index is 5.72. The van der Waals surface area contributed by atoms with Crippen molar-refractivity contribution in [2.75, 3.05) is 20.8 Å². The summed E-state index contributed by atoms with van der Waals surface area (Å²) >= 11 is 0. The predicted octanol–water partition coefficient (Wildman–Crippen LogP) is 2.77. The third kappa shape index (κ3) is 2.99. The molecule has 0 aliphatic rings. The van der Waals surface area contributed by atoms with Gasteiger partial charge in [-0.25, -0.2) is 0 Å². The molecule has 1 atom stereocenters. The van der Waals surface area contributed by atoms with E-state index in [1.165, 1.54) is 5.56 Å². The zero-order valence-corrected chi connectivity index (χ0v) is 11.4. The summed E-state index contributed by atoms with van der Waals surface area (Å²) < 4.78 is 10.8. The van der Waals surface area contributed by atoms with E-state index < -0.39 is 0 Å². The summed E-state index contributed by atoms with van der Waals surface area (Å²) in [4.78, 5) is 0. The first-order valence-corrected chi connectivity index (χ1v) is 5.96. The van der Waals surface area contributed by atoms with E-state index in [4.69, 9.17) is 15.2 Å². The zero-order chi connectivity index (χ0) is 13.0. The summed E-state index contributed by atoms with van der Waals surface area (Å²) in [5.74, 6) is 1.35. The molecule has 0 fully saturated rings.